The molecule has 0 aromatic heterocycles. The normalized spacial score (nSPS) is 17.5. The van der Waals surface area contributed by atoms with E-state index in [4.69, 9.17) is 0 Å². The van der Waals surface area contributed by atoms with Crippen molar-refractivity contribution in [2.45, 2.75) is 31.9 Å². The maximum atomic E-state index is 12.3. The van der Waals surface area contributed by atoms with Crippen LogP contribution >= 0.6 is 0 Å². The minimum atomic E-state index is -2.92. The van der Waals surface area contributed by atoms with Crippen LogP contribution in [0.1, 0.15) is 25.3 Å². The number of carbonyl (C=O) groups excluding carboxylic acids is 1. The van der Waals surface area contributed by atoms with Gasteiger partial charge in [-0.15, -0.1) is 0 Å². The van der Waals surface area contributed by atoms with Gasteiger partial charge in [-0.1, -0.05) is 18.2 Å². The first-order chi connectivity index (χ1) is 10.4. The van der Waals surface area contributed by atoms with Crippen molar-refractivity contribution in [3.8, 4) is 5.75 Å². The minimum absolute atomic E-state index is 0.00802. The van der Waals surface area contributed by atoms with Gasteiger partial charge in [-0.3, -0.25) is 4.79 Å². The summed E-state index contributed by atoms with van der Waals surface area (Å²) in [4.78, 5) is 12.0. The van der Waals surface area contributed by atoms with Crippen molar-refractivity contribution in [1.82, 2.24) is 5.32 Å². The number of halogens is 2. The molecule has 1 aromatic rings. The number of benzene rings is 1. The molecule has 0 saturated heterocycles. The van der Waals surface area contributed by atoms with Crippen LogP contribution in [0.25, 0.3) is 6.08 Å². The Balaban J connectivity index is 2.03. The third-order valence-electron chi connectivity index (χ3n) is 3.76. The number of hydrogen-bond acceptors (Lipinski definition) is 3. The molecule has 1 atom stereocenters. The molecule has 6 heteroatoms. The number of carbonyl (C=O) groups is 1. The van der Waals surface area contributed by atoms with Crippen molar-refractivity contribution in [3.05, 3.63) is 35.9 Å². The molecule has 120 valence electrons. The van der Waals surface area contributed by atoms with E-state index in [0.29, 0.717) is 5.56 Å². The quantitative estimate of drug-likeness (QED) is 0.761. The Morgan fingerprint density at radius 3 is 2.77 bits per heavy atom. The van der Waals surface area contributed by atoms with Gasteiger partial charge in [0, 0.05) is 11.6 Å². The Morgan fingerprint density at radius 2 is 2.18 bits per heavy atom. The maximum absolute atomic E-state index is 12.3. The van der Waals surface area contributed by atoms with Gasteiger partial charge in [0.25, 0.3) is 0 Å². The summed E-state index contributed by atoms with van der Waals surface area (Å²) in [6, 6.07) is 6.22. The van der Waals surface area contributed by atoms with Crippen LogP contribution in [0.5, 0.6) is 5.75 Å². The van der Waals surface area contributed by atoms with Gasteiger partial charge < -0.3 is 15.2 Å². The molecule has 1 aliphatic rings. The number of para-hydroxylation sites is 1. The Labute approximate surface area is 127 Å². The van der Waals surface area contributed by atoms with Crippen LogP contribution in [0.3, 0.4) is 0 Å². The van der Waals surface area contributed by atoms with E-state index in [-0.39, 0.29) is 24.2 Å². The van der Waals surface area contributed by atoms with Gasteiger partial charge in [-0.05, 0) is 37.8 Å². The number of ether oxygens (including phenoxy) is 1. The van der Waals surface area contributed by atoms with Crippen molar-refractivity contribution >= 4 is 12.0 Å². The average molecular weight is 311 g/mol. The summed E-state index contributed by atoms with van der Waals surface area (Å²) >= 11 is 0. The van der Waals surface area contributed by atoms with E-state index >= 15 is 0 Å². The zero-order valence-corrected chi connectivity index (χ0v) is 12.3. The SMILES string of the molecule is CC(CO)(NC(=O)/C=C/c1ccccc1OC(F)F)C1CC1. The van der Waals surface area contributed by atoms with Crippen LogP contribution in [-0.2, 0) is 4.79 Å². The molecule has 1 fully saturated rings. The lowest BCUT2D eigenvalue weighted by molar-refractivity contribution is -0.119. The van der Waals surface area contributed by atoms with Crippen molar-refractivity contribution in [2.24, 2.45) is 5.92 Å². The third-order valence-corrected chi connectivity index (χ3v) is 3.76. The number of rotatable bonds is 7. The van der Waals surface area contributed by atoms with Gasteiger partial charge in [0.05, 0.1) is 12.1 Å². The van der Waals surface area contributed by atoms with Gasteiger partial charge >= 0.3 is 6.61 Å². The molecule has 22 heavy (non-hydrogen) atoms. The minimum Gasteiger partial charge on any atom is -0.434 e. The fourth-order valence-electron chi connectivity index (χ4n) is 2.30. The molecule has 0 aliphatic heterocycles. The maximum Gasteiger partial charge on any atom is 0.387 e. The zero-order chi connectivity index (χ0) is 16.2. The molecule has 2 rings (SSSR count). The van der Waals surface area contributed by atoms with Crippen molar-refractivity contribution in [1.29, 1.82) is 0 Å². The zero-order valence-electron chi connectivity index (χ0n) is 12.3. The highest BCUT2D eigenvalue weighted by Crippen LogP contribution is 2.39. The van der Waals surface area contributed by atoms with Gasteiger partial charge in [0.1, 0.15) is 5.75 Å². The highest BCUT2D eigenvalue weighted by molar-refractivity contribution is 5.92. The van der Waals surface area contributed by atoms with Crippen molar-refractivity contribution < 1.29 is 23.4 Å². The molecule has 4 nitrogen and oxygen atoms in total. The molecule has 1 amide bonds. The fraction of sp³-hybridized carbons (Fsp3) is 0.438. The number of nitrogens with one attached hydrogen (secondary N) is 1. The molecule has 1 unspecified atom stereocenters. The Kier molecular flexibility index (Phi) is 5.13. The van der Waals surface area contributed by atoms with Crippen LogP contribution < -0.4 is 10.1 Å². The number of amides is 1. The highest BCUT2D eigenvalue weighted by Gasteiger charge is 2.41. The van der Waals surface area contributed by atoms with E-state index in [9.17, 15) is 18.7 Å². The summed E-state index contributed by atoms with van der Waals surface area (Å²) in [5.41, 5.74) is -0.254. The predicted molar refractivity (Wildman–Crippen MR) is 78.5 cm³/mol. The van der Waals surface area contributed by atoms with Crippen LogP contribution in [0.15, 0.2) is 30.3 Å². The molecule has 0 spiro atoms. The smallest absolute Gasteiger partial charge is 0.387 e. The Bertz CT molecular complexity index is 558. The number of aliphatic hydroxyl groups excluding tert-OH is 1. The van der Waals surface area contributed by atoms with Gasteiger partial charge in [-0.25, -0.2) is 0 Å². The summed E-state index contributed by atoms with van der Waals surface area (Å²) in [5.74, 6) is -0.0896. The molecule has 0 heterocycles. The van der Waals surface area contributed by atoms with Gasteiger partial charge in [0.15, 0.2) is 0 Å². The van der Waals surface area contributed by atoms with Crippen LogP contribution in [0.4, 0.5) is 8.78 Å². The van der Waals surface area contributed by atoms with Crippen LogP contribution in [0, 0.1) is 5.92 Å². The van der Waals surface area contributed by atoms with E-state index in [1.54, 1.807) is 25.1 Å². The van der Waals surface area contributed by atoms with Crippen LogP contribution in [0.2, 0.25) is 0 Å². The van der Waals surface area contributed by atoms with E-state index in [1.807, 2.05) is 0 Å². The third kappa shape index (κ3) is 4.27. The van der Waals surface area contributed by atoms with Crippen molar-refractivity contribution in [2.75, 3.05) is 6.61 Å². The second-order valence-corrected chi connectivity index (χ2v) is 5.59. The molecular weight excluding hydrogens is 292 g/mol. The van der Waals surface area contributed by atoms with Gasteiger partial charge in [0.2, 0.25) is 5.91 Å². The summed E-state index contributed by atoms with van der Waals surface area (Å²) in [5, 5.41) is 12.2. The molecule has 1 saturated carbocycles. The lowest BCUT2D eigenvalue weighted by Gasteiger charge is -2.28. The number of aliphatic hydroxyl groups is 1. The second kappa shape index (κ2) is 6.87. The lowest BCUT2D eigenvalue weighted by atomic mass is 9.97. The molecule has 1 aliphatic carbocycles. The highest BCUT2D eigenvalue weighted by atomic mass is 19.3. The average Bonchev–Trinajstić information content (AvgIpc) is 3.30. The molecule has 0 radical (unpaired) electrons. The summed E-state index contributed by atoms with van der Waals surface area (Å²) in [7, 11) is 0. The van der Waals surface area contributed by atoms with E-state index < -0.39 is 12.2 Å². The number of alkyl halides is 2. The standard InChI is InChI=1S/C16H19F2NO3/c1-16(10-20,12-7-8-12)19-14(21)9-6-11-4-2-3-5-13(11)22-15(17)18/h2-6,9,12,15,20H,7-8,10H2,1H3,(H,19,21)/b9-6+. The fourth-order valence-corrected chi connectivity index (χ4v) is 2.30. The predicted octanol–water partition coefficient (Wildman–Crippen LogP) is 2.58. The molecule has 0 bridgehead atoms. The largest absolute Gasteiger partial charge is 0.434 e. The van der Waals surface area contributed by atoms with Crippen molar-refractivity contribution in [3.63, 3.8) is 0 Å². The van der Waals surface area contributed by atoms with Crippen LogP contribution in [-0.4, -0.2) is 29.8 Å². The topological polar surface area (TPSA) is 58.6 Å². The van der Waals surface area contributed by atoms with E-state index in [0.717, 1.165) is 12.8 Å². The first-order valence-electron chi connectivity index (χ1n) is 7.09. The first kappa shape index (κ1) is 16.4. The number of hydrogen-bond donors (Lipinski definition) is 2. The molecule has 2 N–H and O–H groups in total. The summed E-state index contributed by atoms with van der Waals surface area (Å²) in [6.45, 7) is -1.26. The second-order valence-electron chi connectivity index (χ2n) is 5.59. The van der Waals surface area contributed by atoms with E-state index in [1.165, 1.54) is 18.2 Å². The monoisotopic (exact) mass is 311 g/mol. The Morgan fingerprint density at radius 1 is 1.50 bits per heavy atom. The first-order valence-corrected chi connectivity index (χ1v) is 7.09. The van der Waals surface area contributed by atoms with Gasteiger partial charge in [-0.2, -0.15) is 8.78 Å². The Hall–Kier alpha value is -1.95. The summed E-state index contributed by atoms with van der Waals surface area (Å²) in [6.07, 6.45) is 4.62. The lowest BCUT2D eigenvalue weighted by Crippen LogP contribution is -2.50. The molecular formula is C16H19F2NO3. The summed E-state index contributed by atoms with van der Waals surface area (Å²) < 4.78 is 29.0. The van der Waals surface area contributed by atoms with E-state index in [2.05, 4.69) is 10.1 Å². The molecule has 1 aromatic carbocycles.